The third-order valence-corrected chi connectivity index (χ3v) is 4.39. The summed E-state index contributed by atoms with van der Waals surface area (Å²) < 4.78 is 13.4. The molecule has 2 unspecified atom stereocenters. The van der Waals surface area contributed by atoms with Gasteiger partial charge in [-0.3, -0.25) is 16.2 Å². The van der Waals surface area contributed by atoms with Crippen LogP contribution in [0.1, 0.15) is 5.56 Å². The predicted octanol–water partition coefficient (Wildman–Crippen LogP) is 1.10. The molecule has 1 aromatic rings. The average Bonchev–Trinajstić information content (AvgIpc) is 2.42. The van der Waals surface area contributed by atoms with Crippen molar-refractivity contribution in [2.45, 2.75) is 18.5 Å². The van der Waals surface area contributed by atoms with E-state index < -0.39 is 0 Å². The van der Waals surface area contributed by atoms with Crippen molar-refractivity contribution in [1.29, 1.82) is 0 Å². The first kappa shape index (κ1) is 15.7. The molecule has 1 saturated heterocycles. The molecular formula is C14H22ClFN4. The van der Waals surface area contributed by atoms with E-state index in [4.69, 9.17) is 17.4 Å². The molecule has 20 heavy (non-hydrogen) atoms. The van der Waals surface area contributed by atoms with E-state index in [1.165, 1.54) is 12.1 Å². The highest BCUT2D eigenvalue weighted by atomic mass is 35.5. The summed E-state index contributed by atoms with van der Waals surface area (Å²) in [6.45, 7) is 2.97. The molecule has 0 spiro atoms. The molecule has 3 N–H and O–H groups in total. The molecule has 4 nitrogen and oxygen atoms in total. The third-order valence-electron chi connectivity index (χ3n) is 4.03. The maximum Gasteiger partial charge on any atom is 0.123 e. The number of hydrogen-bond donors (Lipinski definition) is 2. The Bertz CT molecular complexity index is 457. The topological polar surface area (TPSA) is 44.5 Å². The largest absolute Gasteiger partial charge is 0.303 e. The lowest BCUT2D eigenvalue weighted by atomic mass is 9.97. The Morgan fingerprint density at radius 2 is 2.20 bits per heavy atom. The van der Waals surface area contributed by atoms with Gasteiger partial charge in [0.25, 0.3) is 0 Å². The number of halogens is 2. The lowest BCUT2D eigenvalue weighted by Gasteiger charge is -2.41. The van der Waals surface area contributed by atoms with Gasteiger partial charge in [-0.05, 0) is 44.3 Å². The summed E-state index contributed by atoms with van der Waals surface area (Å²) in [6, 6.07) is 4.76. The minimum absolute atomic E-state index is 0.0297. The molecular weight excluding hydrogens is 279 g/mol. The van der Waals surface area contributed by atoms with E-state index in [2.05, 4.69) is 29.3 Å². The molecule has 6 heteroatoms. The maximum absolute atomic E-state index is 13.4. The highest BCUT2D eigenvalue weighted by Crippen LogP contribution is 2.21. The molecule has 0 amide bonds. The molecule has 1 aliphatic heterocycles. The van der Waals surface area contributed by atoms with Gasteiger partial charge in [0.05, 0.1) is 0 Å². The van der Waals surface area contributed by atoms with E-state index in [1.54, 1.807) is 6.07 Å². The number of hydrogen-bond acceptors (Lipinski definition) is 4. The second kappa shape index (κ2) is 6.83. The van der Waals surface area contributed by atoms with Crippen molar-refractivity contribution >= 4 is 11.6 Å². The summed E-state index contributed by atoms with van der Waals surface area (Å²) in [7, 11) is 4.19. The highest BCUT2D eigenvalue weighted by Gasteiger charge is 2.29. The minimum atomic E-state index is -0.269. The number of piperazine rings is 1. The summed E-state index contributed by atoms with van der Waals surface area (Å²) in [6.07, 6.45) is 0.607. The van der Waals surface area contributed by atoms with Crippen molar-refractivity contribution in [3.05, 3.63) is 34.6 Å². The summed E-state index contributed by atoms with van der Waals surface area (Å²) in [5.41, 5.74) is 3.66. The Labute approximate surface area is 124 Å². The summed E-state index contributed by atoms with van der Waals surface area (Å²) in [5.74, 6) is 5.45. The Morgan fingerprint density at radius 1 is 1.45 bits per heavy atom. The van der Waals surface area contributed by atoms with Gasteiger partial charge in [-0.2, -0.15) is 0 Å². The van der Waals surface area contributed by atoms with Crippen LogP contribution in [-0.4, -0.2) is 55.6 Å². The van der Waals surface area contributed by atoms with Crippen molar-refractivity contribution < 1.29 is 4.39 Å². The van der Waals surface area contributed by atoms with Crippen LogP contribution in [0.25, 0.3) is 0 Å². The highest BCUT2D eigenvalue weighted by molar-refractivity contribution is 6.31. The van der Waals surface area contributed by atoms with E-state index in [0.717, 1.165) is 25.2 Å². The molecule has 1 aliphatic rings. The van der Waals surface area contributed by atoms with Crippen LogP contribution in [0.3, 0.4) is 0 Å². The fraction of sp³-hybridized carbons (Fsp3) is 0.571. The molecule has 0 radical (unpaired) electrons. The Kier molecular flexibility index (Phi) is 5.35. The van der Waals surface area contributed by atoms with Crippen LogP contribution in [0.2, 0.25) is 5.02 Å². The molecule has 0 aliphatic carbocycles. The van der Waals surface area contributed by atoms with Crippen LogP contribution in [0.15, 0.2) is 18.2 Å². The number of nitrogens with two attached hydrogens (primary N) is 1. The van der Waals surface area contributed by atoms with Gasteiger partial charge in [0, 0.05) is 36.7 Å². The Balaban J connectivity index is 2.13. The molecule has 0 bridgehead atoms. The Morgan fingerprint density at radius 3 is 2.90 bits per heavy atom. The molecule has 2 atom stereocenters. The van der Waals surface area contributed by atoms with Crippen LogP contribution in [0.5, 0.6) is 0 Å². The zero-order chi connectivity index (χ0) is 14.7. The van der Waals surface area contributed by atoms with E-state index >= 15 is 0 Å². The maximum atomic E-state index is 13.4. The van der Waals surface area contributed by atoms with Gasteiger partial charge in [-0.25, -0.2) is 4.39 Å². The van der Waals surface area contributed by atoms with Crippen molar-refractivity contribution in [2.24, 2.45) is 5.84 Å². The van der Waals surface area contributed by atoms with Gasteiger partial charge in [0.15, 0.2) is 0 Å². The van der Waals surface area contributed by atoms with Crippen LogP contribution >= 0.6 is 11.6 Å². The van der Waals surface area contributed by atoms with E-state index in [0.29, 0.717) is 11.4 Å². The molecule has 2 rings (SSSR count). The first-order valence-electron chi connectivity index (χ1n) is 6.80. The zero-order valence-electron chi connectivity index (χ0n) is 11.9. The average molecular weight is 301 g/mol. The molecule has 0 saturated carbocycles. The zero-order valence-corrected chi connectivity index (χ0v) is 12.7. The van der Waals surface area contributed by atoms with Crippen LogP contribution in [-0.2, 0) is 6.42 Å². The number of likely N-dealkylation sites (N-methyl/N-ethyl adjacent to an activating group) is 2. The van der Waals surface area contributed by atoms with Gasteiger partial charge in [0.2, 0.25) is 0 Å². The lowest BCUT2D eigenvalue weighted by Crippen LogP contribution is -2.60. The van der Waals surface area contributed by atoms with Crippen molar-refractivity contribution in [2.75, 3.05) is 33.7 Å². The van der Waals surface area contributed by atoms with Crippen LogP contribution in [0, 0.1) is 5.82 Å². The summed E-state index contributed by atoms with van der Waals surface area (Å²) in [4.78, 5) is 4.57. The SMILES string of the molecule is CN1CCN(C)C(C(Cc2cc(F)ccc2Cl)NN)C1. The van der Waals surface area contributed by atoms with Crippen LogP contribution in [0.4, 0.5) is 4.39 Å². The number of rotatable bonds is 4. The Hall–Kier alpha value is -0.720. The van der Waals surface area contributed by atoms with E-state index in [-0.39, 0.29) is 17.9 Å². The summed E-state index contributed by atoms with van der Waals surface area (Å²) >= 11 is 6.14. The molecule has 1 heterocycles. The number of nitrogens with zero attached hydrogens (tertiary/aromatic N) is 2. The van der Waals surface area contributed by atoms with Gasteiger partial charge in [-0.15, -0.1) is 0 Å². The molecule has 112 valence electrons. The third kappa shape index (κ3) is 3.68. The number of benzene rings is 1. The van der Waals surface area contributed by atoms with Crippen molar-refractivity contribution in [1.82, 2.24) is 15.2 Å². The fourth-order valence-electron chi connectivity index (χ4n) is 2.72. The van der Waals surface area contributed by atoms with Crippen LogP contribution < -0.4 is 11.3 Å². The standard InChI is InChI=1S/C14H22ClFN4/c1-19-5-6-20(2)14(9-19)13(18-17)8-10-7-11(16)3-4-12(10)15/h3-4,7,13-14,18H,5-6,8-9,17H2,1-2H3. The van der Waals surface area contributed by atoms with Gasteiger partial charge < -0.3 is 4.90 Å². The number of nitrogens with one attached hydrogen (secondary N) is 1. The van der Waals surface area contributed by atoms with Gasteiger partial charge >= 0.3 is 0 Å². The second-order valence-corrected chi connectivity index (χ2v) is 5.93. The predicted molar refractivity (Wildman–Crippen MR) is 80.1 cm³/mol. The monoisotopic (exact) mass is 300 g/mol. The summed E-state index contributed by atoms with van der Waals surface area (Å²) in [5, 5.41) is 0.582. The molecule has 1 aromatic carbocycles. The fourth-order valence-corrected chi connectivity index (χ4v) is 2.92. The first-order valence-corrected chi connectivity index (χ1v) is 7.18. The molecule has 0 aromatic heterocycles. The normalized spacial score (nSPS) is 22.9. The second-order valence-electron chi connectivity index (χ2n) is 5.52. The van der Waals surface area contributed by atoms with Gasteiger partial charge in [-0.1, -0.05) is 11.6 Å². The number of hydrazine groups is 1. The van der Waals surface area contributed by atoms with Crippen molar-refractivity contribution in [3.63, 3.8) is 0 Å². The van der Waals surface area contributed by atoms with E-state index in [9.17, 15) is 4.39 Å². The lowest BCUT2D eigenvalue weighted by molar-refractivity contribution is 0.0877. The van der Waals surface area contributed by atoms with Gasteiger partial charge in [0.1, 0.15) is 5.82 Å². The smallest absolute Gasteiger partial charge is 0.123 e. The minimum Gasteiger partial charge on any atom is -0.303 e. The van der Waals surface area contributed by atoms with Crippen molar-refractivity contribution in [3.8, 4) is 0 Å². The van der Waals surface area contributed by atoms with E-state index in [1.807, 2.05) is 0 Å². The quantitative estimate of drug-likeness (QED) is 0.646. The first-order chi connectivity index (χ1) is 9.51. The molecule has 1 fully saturated rings.